The Morgan fingerprint density at radius 2 is 1.90 bits per heavy atom. The molecule has 0 radical (unpaired) electrons. The Kier molecular flexibility index (Phi) is 3.50. The van der Waals surface area contributed by atoms with Crippen LogP contribution in [0.15, 0.2) is 24.3 Å². The van der Waals surface area contributed by atoms with E-state index in [1.54, 1.807) is 12.1 Å². The number of fused-ring (bicyclic) bond motifs is 1. The molecule has 2 nitrogen and oxygen atoms in total. The molecule has 2 heterocycles. The van der Waals surface area contributed by atoms with Crippen molar-refractivity contribution in [2.75, 3.05) is 19.6 Å². The molecule has 1 aromatic carbocycles. The quantitative estimate of drug-likeness (QED) is 0.898. The summed E-state index contributed by atoms with van der Waals surface area (Å²) in [5.74, 6) is 1.38. The third-order valence-corrected chi connectivity index (χ3v) is 4.72. The van der Waals surface area contributed by atoms with Gasteiger partial charge in [0.15, 0.2) is 0 Å². The average Bonchev–Trinajstić information content (AvgIpc) is 2.94. The molecular weight excluding hydrogens is 265 g/mol. The van der Waals surface area contributed by atoms with Crippen molar-refractivity contribution in [3.63, 3.8) is 0 Å². The van der Waals surface area contributed by atoms with Gasteiger partial charge in [0, 0.05) is 19.1 Å². The minimum absolute atomic E-state index is 0.497. The molecule has 5 heteroatoms. The molecule has 3 atom stereocenters. The van der Waals surface area contributed by atoms with Crippen LogP contribution in [0.3, 0.4) is 0 Å². The zero-order chi connectivity index (χ0) is 14.3. The third kappa shape index (κ3) is 2.56. The van der Waals surface area contributed by atoms with Gasteiger partial charge in [0.2, 0.25) is 0 Å². The van der Waals surface area contributed by atoms with E-state index in [4.69, 9.17) is 0 Å². The van der Waals surface area contributed by atoms with Gasteiger partial charge in [-0.15, -0.1) is 0 Å². The van der Waals surface area contributed by atoms with Crippen molar-refractivity contribution in [1.29, 1.82) is 0 Å². The summed E-state index contributed by atoms with van der Waals surface area (Å²) in [6.07, 6.45) is -4.25. The zero-order valence-corrected chi connectivity index (χ0v) is 11.5. The first kappa shape index (κ1) is 13.9. The normalized spacial score (nSPS) is 30.7. The first-order valence-electron chi connectivity index (χ1n) is 7.06. The highest BCUT2D eigenvalue weighted by Crippen LogP contribution is 2.34. The monoisotopic (exact) mass is 284 g/mol. The van der Waals surface area contributed by atoms with Crippen molar-refractivity contribution in [1.82, 2.24) is 10.2 Å². The lowest BCUT2D eigenvalue weighted by atomic mass is 9.95. The van der Waals surface area contributed by atoms with Crippen LogP contribution in [0.5, 0.6) is 0 Å². The number of hydrogen-bond donors (Lipinski definition) is 1. The van der Waals surface area contributed by atoms with Gasteiger partial charge < -0.3 is 5.32 Å². The SMILES string of the molecule is CC1C2CNCC2CN1Cc1ccc(C(F)(F)F)cc1. The summed E-state index contributed by atoms with van der Waals surface area (Å²) < 4.78 is 37.6. The van der Waals surface area contributed by atoms with E-state index in [2.05, 4.69) is 17.1 Å². The van der Waals surface area contributed by atoms with E-state index in [-0.39, 0.29) is 0 Å². The Bertz CT molecular complexity index is 469. The molecule has 2 aliphatic heterocycles. The molecule has 0 bridgehead atoms. The second-order valence-electron chi connectivity index (χ2n) is 5.95. The highest BCUT2D eigenvalue weighted by Gasteiger charge is 2.41. The third-order valence-electron chi connectivity index (χ3n) is 4.72. The van der Waals surface area contributed by atoms with Crippen molar-refractivity contribution in [3.8, 4) is 0 Å². The standard InChI is InChI=1S/C15H19F3N2/c1-10-14-7-19-6-12(14)9-20(10)8-11-2-4-13(5-3-11)15(16,17)18/h2-5,10,12,14,19H,6-9H2,1H3. The van der Waals surface area contributed by atoms with Crippen LogP contribution >= 0.6 is 0 Å². The number of nitrogens with zero attached hydrogens (tertiary/aromatic N) is 1. The summed E-state index contributed by atoms with van der Waals surface area (Å²) in [7, 11) is 0. The second kappa shape index (κ2) is 5.04. The summed E-state index contributed by atoms with van der Waals surface area (Å²) >= 11 is 0. The van der Waals surface area contributed by atoms with Crippen molar-refractivity contribution in [2.24, 2.45) is 11.8 Å². The van der Waals surface area contributed by atoms with Gasteiger partial charge in [-0.25, -0.2) is 0 Å². The van der Waals surface area contributed by atoms with E-state index < -0.39 is 11.7 Å². The molecule has 0 aromatic heterocycles. The van der Waals surface area contributed by atoms with E-state index in [1.807, 2.05) is 0 Å². The first-order valence-corrected chi connectivity index (χ1v) is 7.06. The molecular formula is C15H19F3N2. The summed E-state index contributed by atoms with van der Waals surface area (Å²) in [6, 6.07) is 6.05. The van der Waals surface area contributed by atoms with Crippen LogP contribution in [0.25, 0.3) is 0 Å². The summed E-state index contributed by atoms with van der Waals surface area (Å²) in [6.45, 7) is 6.14. The van der Waals surface area contributed by atoms with Crippen molar-refractivity contribution < 1.29 is 13.2 Å². The Morgan fingerprint density at radius 1 is 1.20 bits per heavy atom. The zero-order valence-electron chi connectivity index (χ0n) is 11.5. The molecule has 3 rings (SSSR count). The molecule has 1 N–H and O–H groups in total. The van der Waals surface area contributed by atoms with Crippen LogP contribution in [0.4, 0.5) is 13.2 Å². The predicted molar refractivity (Wildman–Crippen MR) is 71.2 cm³/mol. The number of likely N-dealkylation sites (tertiary alicyclic amines) is 1. The molecule has 3 unspecified atom stereocenters. The largest absolute Gasteiger partial charge is 0.416 e. The van der Waals surface area contributed by atoms with Crippen molar-refractivity contribution in [3.05, 3.63) is 35.4 Å². The van der Waals surface area contributed by atoms with Gasteiger partial charge in [0.1, 0.15) is 0 Å². The van der Waals surface area contributed by atoms with Gasteiger partial charge in [-0.3, -0.25) is 4.90 Å². The molecule has 110 valence electrons. The van der Waals surface area contributed by atoms with Crippen LogP contribution in [0, 0.1) is 11.8 Å². The number of hydrogen-bond acceptors (Lipinski definition) is 2. The van der Waals surface area contributed by atoms with E-state index in [9.17, 15) is 13.2 Å². The number of benzene rings is 1. The van der Waals surface area contributed by atoms with Gasteiger partial charge in [-0.2, -0.15) is 13.2 Å². The Morgan fingerprint density at radius 3 is 2.50 bits per heavy atom. The minimum atomic E-state index is -4.25. The van der Waals surface area contributed by atoms with E-state index in [0.717, 1.165) is 31.7 Å². The number of rotatable bonds is 2. The van der Waals surface area contributed by atoms with Crippen LogP contribution in [-0.2, 0) is 12.7 Å². The van der Waals surface area contributed by atoms with Gasteiger partial charge in [0.25, 0.3) is 0 Å². The van der Waals surface area contributed by atoms with Gasteiger partial charge >= 0.3 is 6.18 Å². The first-order chi connectivity index (χ1) is 9.45. The highest BCUT2D eigenvalue weighted by atomic mass is 19.4. The predicted octanol–water partition coefficient (Wildman–Crippen LogP) is 2.75. The maximum atomic E-state index is 12.5. The smallest absolute Gasteiger partial charge is 0.316 e. The molecule has 0 aliphatic carbocycles. The summed E-state index contributed by atoms with van der Waals surface area (Å²) in [5, 5.41) is 3.41. The Balaban J connectivity index is 1.67. The Hall–Kier alpha value is -1.07. The average molecular weight is 284 g/mol. The molecule has 1 aromatic rings. The number of alkyl halides is 3. The molecule has 0 saturated carbocycles. The summed E-state index contributed by atoms with van der Waals surface area (Å²) in [5.41, 5.74) is 0.384. The van der Waals surface area contributed by atoms with Crippen LogP contribution in [-0.4, -0.2) is 30.6 Å². The summed E-state index contributed by atoms with van der Waals surface area (Å²) in [4.78, 5) is 2.39. The Labute approximate surface area is 117 Å². The van der Waals surface area contributed by atoms with Crippen molar-refractivity contribution >= 4 is 0 Å². The minimum Gasteiger partial charge on any atom is -0.316 e. The molecule has 2 saturated heterocycles. The topological polar surface area (TPSA) is 15.3 Å². The number of halogens is 3. The molecule has 20 heavy (non-hydrogen) atoms. The maximum Gasteiger partial charge on any atom is 0.416 e. The molecule has 2 aliphatic rings. The number of nitrogens with one attached hydrogen (secondary N) is 1. The molecule has 0 spiro atoms. The fourth-order valence-electron chi connectivity index (χ4n) is 3.50. The van der Waals surface area contributed by atoms with E-state index in [0.29, 0.717) is 17.9 Å². The fraction of sp³-hybridized carbons (Fsp3) is 0.600. The molecule has 0 amide bonds. The highest BCUT2D eigenvalue weighted by molar-refractivity contribution is 5.24. The lowest BCUT2D eigenvalue weighted by Gasteiger charge is -2.24. The van der Waals surface area contributed by atoms with Crippen LogP contribution in [0.1, 0.15) is 18.1 Å². The van der Waals surface area contributed by atoms with Gasteiger partial charge in [0.05, 0.1) is 5.56 Å². The second-order valence-corrected chi connectivity index (χ2v) is 5.95. The van der Waals surface area contributed by atoms with E-state index >= 15 is 0 Å². The van der Waals surface area contributed by atoms with E-state index in [1.165, 1.54) is 12.1 Å². The van der Waals surface area contributed by atoms with Gasteiger partial charge in [-0.1, -0.05) is 12.1 Å². The van der Waals surface area contributed by atoms with Crippen LogP contribution in [0.2, 0.25) is 0 Å². The lowest BCUT2D eigenvalue weighted by molar-refractivity contribution is -0.137. The molecule has 2 fully saturated rings. The van der Waals surface area contributed by atoms with Crippen molar-refractivity contribution in [2.45, 2.75) is 25.7 Å². The van der Waals surface area contributed by atoms with Crippen LogP contribution < -0.4 is 5.32 Å². The fourth-order valence-corrected chi connectivity index (χ4v) is 3.50. The lowest BCUT2D eigenvalue weighted by Crippen LogP contribution is -2.32. The van der Waals surface area contributed by atoms with Gasteiger partial charge in [-0.05, 0) is 49.5 Å². The maximum absolute atomic E-state index is 12.5.